The summed E-state index contributed by atoms with van der Waals surface area (Å²) in [6, 6.07) is 50.1. The average Bonchev–Trinajstić information content (AvgIpc) is 0.848. The van der Waals surface area contributed by atoms with Crippen molar-refractivity contribution in [2.24, 2.45) is 0 Å². The Balaban J connectivity index is 0.000000196. The van der Waals surface area contributed by atoms with Gasteiger partial charge in [0.05, 0.1) is 91.5 Å². The number of benzene rings is 9. The van der Waals surface area contributed by atoms with E-state index in [-0.39, 0.29) is 82.5 Å². The van der Waals surface area contributed by atoms with Crippen molar-refractivity contribution in [2.75, 3.05) is 46.1 Å². The van der Waals surface area contributed by atoms with Crippen molar-refractivity contribution in [3.05, 3.63) is 267 Å². The second kappa shape index (κ2) is 31.5. The summed E-state index contributed by atoms with van der Waals surface area (Å²) in [6.45, 7) is 0. The molecule has 9 rings (SSSR count). The van der Waals surface area contributed by atoms with Gasteiger partial charge in [-0.1, -0.05) is 120 Å². The van der Waals surface area contributed by atoms with Crippen LogP contribution in [0.2, 0.25) is 10.0 Å². The van der Waals surface area contributed by atoms with Gasteiger partial charge in [-0.15, -0.1) is 0 Å². The lowest BCUT2D eigenvalue weighted by molar-refractivity contribution is -0.385. The molecule has 0 heterocycles. The van der Waals surface area contributed by atoms with Crippen LogP contribution >= 0.6 is 55.1 Å². The highest BCUT2D eigenvalue weighted by molar-refractivity contribution is 9.11. The summed E-state index contributed by atoms with van der Waals surface area (Å²) < 4.78 is 84.0. The molecule has 9 aromatic rings. The normalized spacial score (nSPS) is 10.9. The second-order valence-corrected chi connectivity index (χ2v) is 26.0. The zero-order valence-corrected chi connectivity index (χ0v) is 53.7. The Morgan fingerprint density at radius 2 is 0.685 bits per heavy atom. The fraction of sp³-hybridized carbons (Fsp3) is 0.0172. The van der Waals surface area contributed by atoms with E-state index in [0.29, 0.717) is 25.9 Å². The van der Waals surface area contributed by atoms with E-state index in [1.54, 1.807) is 115 Å². The molecule has 0 radical (unpaired) electrons. The molecule has 34 heteroatoms. The summed E-state index contributed by atoms with van der Waals surface area (Å²) in [5.74, 6) is -0.334. The average molecular weight is 1480 g/mol. The first-order valence-corrected chi connectivity index (χ1v) is 32.9. The SMILES string of the molecule is O=C(Nc1ccc([N+](=O)[O-])cc1NS(=O)(=O)c1ccccc1)Nc1cccc(Cl)c1Cl.O=C(Nc1ccccc1Br)Nc1ccc([N+](=O)[O-])cc1NS(=O)(=O)Cc1ccccc1.O=C(Nc1ccccc1Br)Nc1ccc([N+](=O)[O-])cc1NS(=O)(=O)c1ccccc1. The van der Waals surface area contributed by atoms with Gasteiger partial charge < -0.3 is 31.9 Å². The van der Waals surface area contributed by atoms with Gasteiger partial charge in [-0.2, -0.15) is 0 Å². The molecule has 92 heavy (non-hydrogen) atoms. The minimum atomic E-state index is -4.07. The van der Waals surface area contributed by atoms with Gasteiger partial charge in [0.1, 0.15) is 0 Å². The number of non-ortho nitro benzene ring substituents is 3. The van der Waals surface area contributed by atoms with Crippen molar-refractivity contribution < 1.29 is 54.4 Å². The first kappa shape index (κ1) is 69.3. The summed E-state index contributed by atoms with van der Waals surface area (Å²) >= 11 is 18.6. The summed E-state index contributed by atoms with van der Waals surface area (Å²) in [5.41, 5.74) is 0.365. The molecule has 0 aliphatic rings. The van der Waals surface area contributed by atoms with E-state index >= 15 is 0 Å². The predicted octanol–water partition coefficient (Wildman–Crippen LogP) is 15.1. The fourth-order valence-corrected chi connectivity index (χ4v) is 12.2. The summed E-state index contributed by atoms with van der Waals surface area (Å²) in [5, 5.41) is 48.9. The molecule has 0 fully saturated rings. The third kappa shape index (κ3) is 20.1. The minimum Gasteiger partial charge on any atom is -0.307 e. The summed E-state index contributed by atoms with van der Waals surface area (Å²) in [7, 11) is -12.0. The van der Waals surface area contributed by atoms with Gasteiger partial charge in [0.15, 0.2) is 0 Å². The number of carbonyl (C=O) groups excluding carboxylic acids is 3. The van der Waals surface area contributed by atoms with Crippen LogP contribution in [0.1, 0.15) is 5.56 Å². The molecular weight excluding hydrogens is 1430 g/mol. The quantitative estimate of drug-likeness (QED) is 0.0268. The van der Waals surface area contributed by atoms with E-state index in [1.807, 2.05) is 0 Å². The van der Waals surface area contributed by atoms with E-state index < -0.39 is 62.9 Å². The number of hydrogen-bond donors (Lipinski definition) is 9. The number of carbonyl (C=O) groups is 3. The molecule has 0 unspecified atom stereocenters. The van der Waals surface area contributed by atoms with Gasteiger partial charge in [-0.3, -0.25) is 44.5 Å². The maximum atomic E-state index is 12.7. The van der Waals surface area contributed by atoms with Crippen LogP contribution in [0, 0.1) is 30.3 Å². The first-order valence-electron chi connectivity index (χ1n) is 25.9. The number of nitro benzene ring substituents is 3. The van der Waals surface area contributed by atoms with Crippen LogP contribution in [0.4, 0.5) is 82.6 Å². The number of para-hydroxylation sites is 2. The van der Waals surface area contributed by atoms with Gasteiger partial charge in [0.25, 0.3) is 37.1 Å². The second-order valence-electron chi connectivity index (χ2n) is 18.4. The van der Waals surface area contributed by atoms with Crippen molar-refractivity contribution in [1.82, 2.24) is 0 Å². The van der Waals surface area contributed by atoms with Crippen LogP contribution in [-0.2, 0) is 35.8 Å². The number of hydrogen-bond acceptors (Lipinski definition) is 15. The number of nitrogens with zero attached hydrogens (tertiary/aromatic N) is 3. The Morgan fingerprint density at radius 3 is 1.05 bits per heavy atom. The van der Waals surface area contributed by atoms with Gasteiger partial charge in [-0.05, 0) is 116 Å². The molecule has 6 amide bonds. The number of rotatable bonds is 19. The Morgan fingerprint density at radius 1 is 0.370 bits per heavy atom. The van der Waals surface area contributed by atoms with E-state index in [9.17, 15) is 70.0 Å². The van der Waals surface area contributed by atoms with Crippen molar-refractivity contribution in [3.63, 3.8) is 0 Å². The Hall–Kier alpha value is -10.2. The topological polar surface area (TPSA) is 391 Å². The summed E-state index contributed by atoms with van der Waals surface area (Å²) in [4.78, 5) is 68.5. The Bertz CT molecular complexity index is 4600. The number of amides is 6. The van der Waals surface area contributed by atoms with Gasteiger partial charge in [-0.25, -0.2) is 39.6 Å². The highest BCUT2D eigenvalue weighted by Gasteiger charge is 2.24. The molecule has 9 aromatic carbocycles. The summed E-state index contributed by atoms with van der Waals surface area (Å²) in [6.07, 6.45) is 0. The number of urea groups is 3. The molecule has 0 spiro atoms. The molecule has 0 aliphatic carbocycles. The number of sulfonamides is 3. The van der Waals surface area contributed by atoms with Crippen LogP contribution < -0.4 is 46.1 Å². The molecule has 27 nitrogen and oxygen atoms in total. The van der Waals surface area contributed by atoms with Crippen LogP contribution in [0.15, 0.2) is 231 Å². The van der Waals surface area contributed by atoms with Gasteiger partial charge >= 0.3 is 18.1 Å². The number of anilines is 9. The largest absolute Gasteiger partial charge is 0.323 e. The maximum Gasteiger partial charge on any atom is 0.323 e. The van der Waals surface area contributed by atoms with Gasteiger partial charge in [0, 0.05) is 45.3 Å². The third-order valence-electron chi connectivity index (χ3n) is 11.9. The number of nitrogens with one attached hydrogen (secondary N) is 9. The minimum absolute atomic E-state index is 0.0132. The third-order valence-corrected chi connectivity index (χ3v) is 18.1. The van der Waals surface area contributed by atoms with E-state index in [2.05, 4.69) is 77.9 Å². The monoisotopic (exact) mass is 1470 g/mol. The zero-order valence-electron chi connectivity index (χ0n) is 46.6. The van der Waals surface area contributed by atoms with Crippen LogP contribution in [0.25, 0.3) is 0 Å². The lowest BCUT2D eigenvalue weighted by Crippen LogP contribution is -2.22. The van der Waals surface area contributed by atoms with Crippen molar-refractivity contribution >= 4 is 171 Å². The van der Waals surface area contributed by atoms with E-state index in [4.69, 9.17) is 23.2 Å². The van der Waals surface area contributed by atoms with Crippen LogP contribution in [0.3, 0.4) is 0 Å². The Labute approximate surface area is 550 Å². The smallest absolute Gasteiger partial charge is 0.307 e. The lowest BCUT2D eigenvalue weighted by Gasteiger charge is -2.14. The van der Waals surface area contributed by atoms with Crippen LogP contribution in [0.5, 0.6) is 0 Å². The fourth-order valence-electron chi connectivity index (χ4n) is 7.67. The molecule has 474 valence electrons. The molecule has 0 aliphatic heterocycles. The molecular formula is C58H46Br2Cl2N12O15S3. The van der Waals surface area contributed by atoms with E-state index in [0.717, 1.165) is 30.3 Å². The molecule has 9 N–H and O–H groups in total. The van der Waals surface area contributed by atoms with Crippen LogP contribution in [-0.4, -0.2) is 58.1 Å². The van der Waals surface area contributed by atoms with Crippen molar-refractivity contribution in [1.29, 1.82) is 0 Å². The first-order chi connectivity index (χ1) is 43.7. The Kier molecular flexibility index (Phi) is 23.7. The molecule has 0 saturated heterocycles. The van der Waals surface area contributed by atoms with Crippen molar-refractivity contribution in [2.45, 2.75) is 15.5 Å². The predicted molar refractivity (Wildman–Crippen MR) is 359 cm³/mol. The molecule has 0 saturated carbocycles. The maximum absolute atomic E-state index is 12.7. The highest BCUT2D eigenvalue weighted by Crippen LogP contribution is 2.35. The standard InChI is InChI=1S/C20H17BrN4O5S.C19H15BrN4O5S.C19H14Cl2N4O5S/c21-16-8-4-5-9-17(16)22-20(26)23-18-11-10-15(25(27)28)12-19(18)24-31(29,30)13-14-6-2-1-3-7-14;20-15-8-4-5-9-16(15)21-19(25)22-17-11-10-13(24(26)27)12-18(17)23-30(28,29)14-6-2-1-3-7-14;20-14-7-4-8-16(18(14)21)23-19(26)22-15-10-9-12(25(27)28)11-17(15)24-31(29,30)13-5-2-1-3-6-13/h1-12,24H,13H2,(H2,22,23,26);1-12,23H,(H2,21,22,25);1-11,24H,(H2,22,23,26). The molecule has 0 atom stereocenters. The van der Waals surface area contributed by atoms with Gasteiger partial charge in [0.2, 0.25) is 10.0 Å². The number of halogens is 4. The van der Waals surface area contributed by atoms with E-state index in [1.165, 1.54) is 66.7 Å². The number of nitro groups is 3. The lowest BCUT2D eigenvalue weighted by atomic mass is 10.2. The van der Waals surface area contributed by atoms with Crippen molar-refractivity contribution in [3.8, 4) is 0 Å². The zero-order chi connectivity index (χ0) is 66.8. The molecule has 0 aromatic heterocycles. The molecule has 0 bridgehead atoms. The highest BCUT2D eigenvalue weighted by atomic mass is 79.9.